The van der Waals surface area contributed by atoms with Crippen LogP contribution in [0.4, 0.5) is 5.13 Å². The highest BCUT2D eigenvalue weighted by molar-refractivity contribution is 7.09. The highest BCUT2D eigenvalue weighted by Crippen LogP contribution is 2.31. The average molecular weight is 273 g/mol. The van der Waals surface area contributed by atoms with E-state index in [0.29, 0.717) is 6.04 Å². The van der Waals surface area contributed by atoms with Crippen LogP contribution in [0.2, 0.25) is 0 Å². The fourth-order valence-electron chi connectivity index (χ4n) is 2.64. The molecule has 2 heterocycles. The summed E-state index contributed by atoms with van der Waals surface area (Å²) < 4.78 is 4.51. The molecule has 2 aromatic rings. The third-order valence-electron chi connectivity index (χ3n) is 4.07. The first-order chi connectivity index (χ1) is 9.25. The summed E-state index contributed by atoms with van der Waals surface area (Å²) in [4.78, 5) is 7.14. The summed E-state index contributed by atoms with van der Waals surface area (Å²) in [7, 11) is 0. The van der Waals surface area contributed by atoms with Gasteiger partial charge in [-0.2, -0.15) is 9.36 Å². The van der Waals surface area contributed by atoms with Crippen LogP contribution < -0.4 is 4.90 Å². The Labute approximate surface area is 118 Å². The van der Waals surface area contributed by atoms with Gasteiger partial charge in [0.05, 0.1) is 0 Å². The molecule has 19 heavy (non-hydrogen) atoms. The molecule has 0 bridgehead atoms. The lowest BCUT2D eigenvalue weighted by molar-refractivity contribution is 0.363. The maximum absolute atomic E-state index is 4.72. The molecule has 1 saturated heterocycles. The largest absolute Gasteiger partial charge is 0.344 e. The van der Waals surface area contributed by atoms with E-state index in [2.05, 4.69) is 35.3 Å². The molecule has 0 spiro atoms. The molecule has 2 atom stereocenters. The quantitative estimate of drug-likeness (QED) is 0.832. The Kier molecular flexibility index (Phi) is 3.51. The molecule has 1 aromatic carbocycles. The first-order valence-electron chi connectivity index (χ1n) is 6.91. The second-order valence-corrected chi connectivity index (χ2v) is 6.05. The highest BCUT2D eigenvalue weighted by atomic mass is 32.1. The average Bonchev–Trinajstić information content (AvgIpc) is 2.92. The molecule has 4 heteroatoms. The van der Waals surface area contributed by atoms with Crippen molar-refractivity contribution in [3.05, 3.63) is 30.3 Å². The van der Waals surface area contributed by atoms with E-state index in [1.807, 2.05) is 18.2 Å². The van der Waals surface area contributed by atoms with Gasteiger partial charge in [-0.15, -0.1) is 0 Å². The zero-order valence-electron chi connectivity index (χ0n) is 11.4. The van der Waals surface area contributed by atoms with Gasteiger partial charge in [0.15, 0.2) is 5.82 Å². The second-order valence-electron chi connectivity index (χ2n) is 5.32. The molecule has 100 valence electrons. The summed E-state index contributed by atoms with van der Waals surface area (Å²) in [5, 5.41) is 1.07. The molecule has 0 saturated carbocycles. The molecule has 0 radical (unpaired) electrons. The minimum absolute atomic E-state index is 0.560. The van der Waals surface area contributed by atoms with E-state index >= 15 is 0 Å². The van der Waals surface area contributed by atoms with Crippen LogP contribution in [0.15, 0.2) is 30.3 Å². The highest BCUT2D eigenvalue weighted by Gasteiger charge is 2.27. The second kappa shape index (κ2) is 5.29. The zero-order valence-corrected chi connectivity index (χ0v) is 12.2. The Balaban J connectivity index is 1.85. The van der Waals surface area contributed by atoms with Crippen molar-refractivity contribution in [3.63, 3.8) is 0 Å². The summed E-state index contributed by atoms with van der Waals surface area (Å²) in [6, 6.07) is 10.8. The molecular weight excluding hydrogens is 254 g/mol. The standard InChI is InChI=1S/C15H19N3S/c1-11-7-6-10-18(12(11)2)15-16-14(17-19-15)13-8-4-3-5-9-13/h3-5,8-9,11-12H,6-7,10H2,1-2H3. The van der Waals surface area contributed by atoms with Gasteiger partial charge < -0.3 is 4.90 Å². The summed E-state index contributed by atoms with van der Waals surface area (Å²) in [6.45, 7) is 5.73. The van der Waals surface area contributed by atoms with Crippen LogP contribution in [0.3, 0.4) is 0 Å². The summed E-state index contributed by atoms with van der Waals surface area (Å²) in [5.41, 5.74) is 1.10. The van der Waals surface area contributed by atoms with Crippen LogP contribution >= 0.6 is 11.5 Å². The molecule has 2 unspecified atom stereocenters. The SMILES string of the molecule is CC1CCCN(c2nc(-c3ccccc3)ns2)C1C. The van der Waals surface area contributed by atoms with Gasteiger partial charge in [-0.05, 0) is 25.7 Å². The molecule has 0 N–H and O–H groups in total. The molecule has 1 aliphatic rings. The van der Waals surface area contributed by atoms with Gasteiger partial charge in [0.25, 0.3) is 0 Å². The van der Waals surface area contributed by atoms with Gasteiger partial charge in [-0.1, -0.05) is 37.3 Å². The van der Waals surface area contributed by atoms with Crippen LogP contribution in [0.5, 0.6) is 0 Å². The van der Waals surface area contributed by atoms with E-state index in [1.165, 1.54) is 24.4 Å². The first kappa shape index (κ1) is 12.6. The minimum atomic E-state index is 0.560. The predicted octanol–water partition coefficient (Wildman–Crippen LogP) is 3.83. The van der Waals surface area contributed by atoms with Gasteiger partial charge >= 0.3 is 0 Å². The van der Waals surface area contributed by atoms with Crippen molar-refractivity contribution in [2.24, 2.45) is 5.92 Å². The van der Waals surface area contributed by atoms with Crippen molar-refractivity contribution in [3.8, 4) is 11.4 Å². The fourth-order valence-corrected chi connectivity index (χ4v) is 3.45. The normalized spacial score (nSPS) is 23.6. The fraction of sp³-hybridized carbons (Fsp3) is 0.467. The van der Waals surface area contributed by atoms with Crippen molar-refractivity contribution in [1.29, 1.82) is 0 Å². The summed E-state index contributed by atoms with van der Waals surface area (Å²) in [6.07, 6.45) is 2.58. The molecule has 1 aromatic heterocycles. The van der Waals surface area contributed by atoms with Crippen LogP contribution in [-0.2, 0) is 0 Å². The summed E-state index contributed by atoms with van der Waals surface area (Å²) >= 11 is 1.52. The number of hydrogen-bond acceptors (Lipinski definition) is 4. The lowest BCUT2D eigenvalue weighted by atomic mass is 9.93. The van der Waals surface area contributed by atoms with Crippen LogP contribution in [0.25, 0.3) is 11.4 Å². The number of hydrogen-bond donors (Lipinski definition) is 0. The Morgan fingerprint density at radius 2 is 2.00 bits per heavy atom. The number of anilines is 1. The van der Waals surface area contributed by atoms with Gasteiger partial charge in [0.1, 0.15) is 0 Å². The van der Waals surface area contributed by atoms with Crippen LogP contribution in [0.1, 0.15) is 26.7 Å². The van der Waals surface area contributed by atoms with E-state index in [0.717, 1.165) is 29.0 Å². The lowest BCUT2D eigenvalue weighted by Gasteiger charge is -2.37. The van der Waals surface area contributed by atoms with Crippen molar-refractivity contribution in [2.45, 2.75) is 32.7 Å². The molecule has 0 aliphatic carbocycles. The van der Waals surface area contributed by atoms with Crippen molar-refractivity contribution in [2.75, 3.05) is 11.4 Å². The molecule has 3 rings (SSSR count). The Morgan fingerprint density at radius 1 is 1.21 bits per heavy atom. The van der Waals surface area contributed by atoms with Crippen molar-refractivity contribution < 1.29 is 0 Å². The molecule has 3 nitrogen and oxygen atoms in total. The Morgan fingerprint density at radius 3 is 2.79 bits per heavy atom. The van der Waals surface area contributed by atoms with Crippen molar-refractivity contribution in [1.82, 2.24) is 9.36 Å². The Bertz CT molecular complexity index is 537. The number of nitrogens with zero attached hydrogens (tertiary/aromatic N) is 3. The smallest absolute Gasteiger partial charge is 0.205 e. The molecular formula is C15H19N3S. The van der Waals surface area contributed by atoms with E-state index in [9.17, 15) is 0 Å². The third-order valence-corrected chi connectivity index (χ3v) is 4.82. The number of aromatic nitrogens is 2. The van der Waals surface area contributed by atoms with Crippen molar-refractivity contribution >= 4 is 16.7 Å². The maximum atomic E-state index is 4.72. The topological polar surface area (TPSA) is 29.0 Å². The molecule has 1 fully saturated rings. The van der Waals surface area contributed by atoms with Gasteiger partial charge in [0.2, 0.25) is 5.13 Å². The lowest BCUT2D eigenvalue weighted by Crippen LogP contribution is -2.42. The summed E-state index contributed by atoms with van der Waals surface area (Å²) in [5.74, 6) is 1.59. The van der Waals surface area contributed by atoms with E-state index in [-0.39, 0.29) is 0 Å². The van der Waals surface area contributed by atoms with Gasteiger partial charge in [-0.3, -0.25) is 0 Å². The van der Waals surface area contributed by atoms with Gasteiger partial charge in [0, 0.05) is 29.7 Å². The first-order valence-corrected chi connectivity index (χ1v) is 7.69. The number of piperidine rings is 1. The minimum Gasteiger partial charge on any atom is -0.344 e. The van der Waals surface area contributed by atoms with E-state index in [1.54, 1.807) is 0 Å². The molecule has 0 amide bonds. The monoisotopic (exact) mass is 273 g/mol. The van der Waals surface area contributed by atoms with Gasteiger partial charge in [-0.25, -0.2) is 0 Å². The zero-order chi connectivity index (χ0) is 13.2. The predicted molar refractivity (Wildman–Crippen MR) is 80.6 cm³/mol. The van der Waals surface area contributed by atoms with Crippen LogP contribution in [0, 0.1) is 5.92 Å². The maximum Gasteiger partial charge on any atom is 0.205 e. The third kappa shape index (κ3) is 2.50. The Hall–Kier alpha value is -1.42. The van der Waals surface area contributed by atoms with E-state index in [4.69, 9.17) is 4.98 Å². The molecule has 1 aliphatic heterocycles. The number of benzene rings is 1. The van der Waals surface area contributed by atoms with Crippen LogP contribution in [-0.4, -0.2) is 21.9 Å². The number of rotatable bonds is 2. The van der Waals surface area contributed by atoms with E-state index < -0.39 is 0 Å².